The fourth-order valence-corrected chi connectivity index (χ4v) is 7.37. The molecule has 230 valence electrons. The van der Waals surface area contributed by atoms with E-state index in [-0.39, 0.29) is 23.0 Å². The molecule has 0 aliphatic carbocycles. The number of ketones is 2. The van der Waals surface area contributed by atoms with Crippen LogP contribution >= 0.6 is 0 Å². The van der Waals surface area contributed by atoms with Gasteiger partial charge in [-0.15, -0.1) is 0 Å². The summed E-state index contributed by atoms with van der Waals surface area (Å²) in [6, 6.07) is 24.4. The van der Waals surface area contributed by atoms with Crippen molar-refractivity contribution in [2.24, 2.45) is 5.92 Å². The van der Waals surface area contributed by atoms with Crippen LogP contribution in [0.3, 0.4) is 0 Å². The van der Waals surface area contributed by atoms with Crippen LogP contribution in [0, 0.1) is 5.92 Å². The van der Waals surface area contributed by atoms with E-state index < -0.39 is 35.2 Å². The Balaban J connectivity index is 1.50. The first-order valence-corrected chi connectivity index (χ1v) is 14.8. The second-order valence-corrected chi connectivity index (χ2v) is 11.5. The number of esters is 1. The molecule has 0 radical (unpaired) electrons. The lowest BCUT2D eigenvalue weighted by molar-refractivity contribution is -0.131. The molecule has 46 heavy (non-hydrogen) atoms. The van der Waals surface area contributed by atoms with E-state index in [2.05, 4.69) is 5.32 Å². The number of Topliss-reactive ketones (excluding diaryl/α,β-unsaturated/α-hetero) is 2. The first-order valence-electron chi connectivity index (χ1n) is 14.8. The van der Waals surface area contributed by atoms with Crippen molar-refractivity contribution in [2.45, 2.75) is 24.4 Å². The van der Waals surface area contributed by atoms with Gasteiger partial charge >= 0.3 is 5.97 Å². The zero-order chi connectivity index (χ0) is 32.2. The molecule has 3 aliphatic rings. The number of benzene rings is 4. The van der Waals surface area contributed by atoms with Gasteiger partial charge in [0.2, 0.25) is 5.91 Å². The maximum absolute atomic E-state index is 15.2. The molecule has 1 N–H and O–H groups in total. The Morgan fingerprint density at radius 1 is 0.826 bits per heavy atom. The number of para-hydroxylation sites is 1. The van der Waals surface area contributed by atoms with Gasteiger partial charge in [-0.25, -0.2) is 0 Å². The Hall–Kier alpha value is -5.70. The molecule has 3 aliphatic heterocycles. The van der Waals surface area contributed by atoms with Crippen LogP contribution in [0.4, 0.5) is 5.69 Å². The van der Waals surface area contributed by atoms with Crippen molar-refractivity contribution in [3.8, 4) is 17.2 Å². The maximum atomic E-state index is 15.2. The van der Waals surface area contributed by atoms with E-state index in [1.807, 2.05) is 65.7 Å². The van der Waals surface area contributed by atoms with Crippen LogP contribution in [0.2, 0.25) is 0 Å². The average molecular weight is 615 g/mol. The summed E-state index contributed by atoms with van der Waals surface area (Å²) in [5.74, 6) is -1.83. The summed E-state index contributed by atoms with van der Waals surface area (Å²) >= 11 is 0. The minimum absolute atomic E-state index is 0.198. The van der Waals surface area contributed by atoms with Gasteiger partial charge in [0.1, 0.15) is 28.7 Å². The summed E-state index contributed by atoms with van der Waals surface area (Å²) in [5, 5.41) is 3.05. The highest BCUT2D eigenvalue weighted by atomic mass is 16.5. The van der Waals surface area contributed by atoms with E-state index in [1.165, 1.54) is 33.3 Å². The van der Waals surface area contributed by atoms with Crippen molar-refractivity contribution in [3.63, 3.8) is 0 Å². The number of ether oxygens (including phenoxy) is 3. The molecule has 1 fully saturated rings. The third-order valence-electron chi connectivity index (χ3n) is 9.19. The Labute approximate surface area is 265 Å². The molecular formula is C37H30N2O7. The predicted octanol–water partition coefficient (Wildman–Crippen LogP) is 5.61. The average Bonchev–Trinajstić information content (AvgIpc) is 3.55. The van der Waals surface area contributed by atoms with E-state index in [0.717, 1.165) is 11.1 Å². The standard InChI is InChI=1S/C37H30N2O7/c1-21(40)46-24-14-12-23(13-15-24)33(41)32-31(34(42)27-20-25(44-2)16-17-30(27)45-3)37(28-10-6-7-11-29(28)38-36(37)43)35-26-9-5-4-8-22(26)18-19-39(32)35/h4-20,31-32,35H,1-3H3,(H,38,43)/t31-,32-,35+,37-/m0/s1. The quantitative estimate of drug-likeness (QED) is 0.163. The summed E-state index contributed by atoms with van der Waals surface area (Å²) in [5.41, 5.74) is 1.95. The zero-order valence-electron chi connectivity index (χ0n) is 25.4. The summed E-state index contributed by atoms with van der Waals surface area (Å²) in [6.07, 6.45) is 3.72. The lowest BCUT2D eigenvalue weighted by Crippen LogP contribution is -2.49. The lowest BCUT2D eigenvalue weighted by Gasteiger charge is -2.38. The number of hydrogen-bond acceptors (Lipinski definition) is 8. The number of nitrogens with one attached hydrogen (secondary N) is 1. The SMILES string of the molecule is COc1ccc(OC)c(C(=O)[C@@H]2[C@@H](C(=O)c3ccc(OC(C)=O)cc3)N3C=Cc4ccccc4[C@@H]3[C@@]23C(=O)Nc2ccccc23)c1. The molecule has 4 atom stereocenters. The molecule has 4 aromatic carbocycles. The molecule has 1 spiro atoms. The van der Waals surface area contributed by atoms with E-state index in [1.54, 1.807) is 30.3 Å². The van der Waals surface area contributed by atoms with Gasteiger partial charge < -0.3 is 24.4 Å². The highest BCUT2D eigenvalue weighted by Crippen LogP contribution is 2.62. The molecule has 9 nitrogen and oxygen atoms in total. The van der Waals surface area contributed by atoms with Gasteiger partial charge in [0, 0.05) is 24.4 Å². The molecule has 9 heteroatoms. The molecule has 7 rings (SSSR count). The number of anilines is 1. The van der Waals surface area contributed by atoms with Crippen molar-refractivity contribution in [1.29, 1.82) is 0 Å². The van der Waals surface area contributed by atoms with Crippen LogP contribution in [0.15, 0.2) is 97.2 Å². The number of rotatable bonds is 7. The molecule has 1 amide bonds. The smallest absolute Gasteiger partial charge is 0.308 e. The third kappa shape index (κ3) is 4.23. The Morgan fingerprint density at radius 3 is 2.28 bits per heavy atom. The van der Waals surface area contributed by atoms with Crippen LogP contribution in [0.25, 0.3) is 6.08 Å². The summed E-state index contributed by atoms with van der Waals surface area (Å²) in [7, 11) is 2.97. The van der Waals surface area contributed by atoms with Gasteiger partial charge in [-0.3, -0.25) is 19.2 Å². The summed E-state index contributed by atoms with van der Waals surface area (Å²) in [6.45, 7) is 1.30. The number of carbonyl (C=O) groups is 4. The van der Waals surface area contributed by atoms with Crippen LogP contribution in [-0.2, 0) is 15.0 Å². The highest BCUT2D eigenvalue weighted by Gasteiger charge is 2.71. The van der Waals surface area contributed by atoms with Crippen molar-refractivity contribution in [1.82, 2.24) is 4.90 Å². The molecule has 0 bridgehead atoms. The van der Waals surface area contributed by atoms with E-state index in [4.69, 9.17) is 14.2 Å². The molecule has 0 unspecified atom stereocenters. The molecule has 0 saturated carbocycles. The number of nitrogens with zero attached hydrogens (tertiary/aromatic N) is 1. The van der Waals surface area contributed by atoms with Crippen LogP contribution in [0.5, 0.6) is 17.2 Å². The Bertz CT molecular complexity index is 1950. The van der Waals surface area contributed by atoms with E-state index in [9.17, 15) is 14.4 Å². The first-order chi connectivity index (χ1) is 22.3. The highest BCUT2D eigenvalue weighted by molar-refractivity contribution is 6.17. The monoisotopic (exact) mass is 614 g/mol. The van der Waals surface area contributed by atoms with Crippen molar-refractivity contribution >= 4 is 35.2 Å². The van der Waals surface area contributed by atoms with Crippen LogP contribution in [-0.4, -0.2) is 48.6 Å². The molecule has 3 heterocycles. The van der Waals surface area contributed by atoms with Gasteiger partial charge in [-0.1, -0.05) is 42.5 Å². The second-order valence-electron chi connectivity index (χ2n) is 11.5. The number of methoxy groups -OCH3 is 2. The molecule has 0 aromatic heterocycles. The normalized spacial score (nSPS) is 22.0. The maximum Gasteiger partial charge on any atom is 0.308 e. The molecular weight excluding hydrogens is 584 g/mol. The summed E-state index contributed by atoms with van der Waals surface area (Å²) < 4.78 is 16.3. The van der Waals surface area contributed by atoms with Gasteiger partial charge in [0.15, 0.2) is 11.6 Å². The largest absolute Gasteiger partial charge is 0.497 e. The summed E-state index contributed by atoms with van der Waals surface area (Å²) in [4.78, 5) is 58.1. The van der Waals surface area contributed by atoms with Gasteiger partial charge in [0.25, 0.3) is 0 Å². The minimum atomic E-state index is -1.50. The van der Waals surface area contributed by atoms with Gasteiger partial charge in [-0.05, 0) is 71.3 Å². The number of carbonyl (C=O) groups excluding carboxylic acids is 4. The fourth-order valence-electron chi connectivity index (χ4n) is 7.37. The number of fused-ring (bicyclic) bond motifs is 6. The zero-order valence-corrected chi connectivity index (χ0v) is 25.4. The first kappa shape index (κ1) is 29.0. The number of hydrogen-bond donors (Lipinski definition) is 1. The van der Waals surface area contributed by atoms with Crippen molar-refractivity contribution in [3.05, 3.63) is 125 Å². The Kier molecular flexibility index (Phi) is 6.96. The second kappa shape index (κ2) is 11.0. The minimum Gasteiger partial charge on any atom is -0.497 e. The fraction of sp³-hybridized carbons (Fsp3) is 0.189. The van der Waals surface area contributed by atoms with Crippen LogP contribution < -0.4 is 19.5 Å². The van der Waals surface area contributed by atoms with Gasteiger partial charge in [-0.2, -0.15) is 0 Å². The predicted molar refractivity (Wildman–Crippen MR) is 170 cm³/mol. The van der Waals surface area contributed by atoms with Gasteiger partial charge in [0.05, 0.1) is 31.7 Å². The van der Waals surface area contributed by atoms with Crippen molar-refractivity contribution in [2.75, 3.05) is 19.5 Å². The lowest BCUT2D eigenvalue weighted by atomic mass is 9.62. The Morgan fingerprint density at radius 2 is 1.54 bits per heavy atom. The van der Waals surface area contributed by atoms with E-state index in [0.29, 0.717) is 28.3 Å². The number of amides is 1. The van der Waals surface area contributed by atoms with Crippen molar-refractivity contribution < 1.29 is 33.4 Å². The van der Waals surface area contributed by atoms with E-state index >= 15 is 4.79 Å². The molecule has 1 saturated heterocycles. The molecule has 4 aromatic rings. The third-order valence-corrected chi connectivity index (χ3v) is 9.19. The van der Waals surface area contributed by atoms with Crippen LogP contribution in [0.1, 0.15) is 50.4 Å². The topological polar surface area (TPSA) is 111 Å².